The fraction of sp³-hybridized carbons (Fsp3) is 1.00. The lowest BCUT2D eigenvalue weighted by molar-refractivity contribution is 0.121. The van der Waals surface area contributed by atoms with Crippen molar-refractivity contribution < 1.29 is 0 Å². The van der Waals surface area contributed by atoms with Crippen molar-refractivity contribution >= 4 is 0 Å². The van der Waals surface area contributed by atoms with Crippen molar-refractivity contribution in [2.24, 2.45) is 23.0 Å². The smallest absolute Gasteiger partial charge is 0.00673 e. The van der Waals surface area contributed by atoms with Gasteiger partial charge in [0.2, 0.25) is 0 Å². The molecule has 0 aromatic rings. The van der Waals surface area contributed by atoms with Crippen LogP contribution in [0, 0.1) is 17.3 Å². The Balaban J connectivity index is 2.12. The van der Waals surface area contributed by atoms with E-state index in [4.69, 9.17) is 5.73 Å². The molecule has 0 heterocycles. The fourth-order valence-corrected chi connectivity index (χ4v) is 3.95. The molecule has 0 saturated heterocycles. The van der Waals surface area contributed by atoms with Crippen molar-refractivity contribution in [3.8, 4) is 0 Å². The summed E-state index contributed by atoms with van der Waals surface area (Å²) >= 11 is 0. The Morgan fingerprint density at radius 1 is 0.857 bits per heavy atom. The van der Waals surface area contributed by atoms with E-state index in [-0.39, 0.29) is 0 Å². The number of nitrogens with two attached hydrogens (primary N) is 1. The molecule has 1 aliphatic carbocycles. The van der Waals surface area contributed by atoms with Gasteiger partial charge < -0.3 is 5.73 Å². The molecule has 1 saturated carbocycles. The molecule has 3 unspecified atom stereocenters. The summed E-state index contributed by atoms with van der Waals surface area (Å²) in [7, 11) is 0. The van der Waals surface area contributed by atoms with Gasteiger partial charge in [0.25, 0.3) is 0 Å². The third-order valence-corrected chi connectivity index (χ3v) is 5.69. The van der Waals surface area contributed by atoms with E-state index in [1.54, 1.807) is 0 Å². The zero-order chi connectivity index (χ0) is 15.7. The molecular weight excluding hydrogens is 254 g/mol. The van der Waals surface area contributed by atoms with Crippen molar-refractivity contribution in [2.75, 3.05) is 0 Å². The molecule has 1 aliphatic rings. The molecule has 1 nitrogen and oxygen atoms in total. The van der Waals surface area contributed by atoms with Gasteiger partial charge in [-0.05, 0) is 42.9 Å². The standard InChI is InChI=1S/C20H41N/c1-5-6-7-8-9-10-11-12-13-17-16-18(20(2,3)4)14-15-19(17)21/h17-19H,5-16,21H2,1-4H3. The van der Waals surface area contributed by atoms with Gasteiger partial charge in [-0.2, -0.15) is 0 Å². The quantitative estimate of drug-likeness (QED) is 0.496. The van der Waals surface area contributed by atoms with Crippen LogP contribution >= 0.6 is 0 Å². The lowest BCUT2D eigenvalue weighted by atomic mass is 9.67. The highest BCUT2D eigenvalue weighted by molar-refractivity contribution is 4.87. The Kier molecular flexibility index (Phi) is 8.94. The van der Waals surface area contributed by atoms with Crippen molar-refractivity contribution in [2.45, 2.75) is 111 Å². The molecule has 0 aromatic carbocycles. The molecule has 1 heteroatoms. The van der Waals surface area contributed by atoms with Crippen LogP contribution in [0.3, 0.4) is 0 Å². The number of hydrogen-bond donors (Lipinski definition) is 1. The summed E-state index contributed by atoms with van der Waals surface area (Å²) in [6.07, 6.45) is 16.7. The highest BCUT2D eigenvalue weighted by Gasteiger charge is 2.33. The third kappa shape index (κ3) is 7.68. The van der Waals surface area contributed by atoms with Crippen molar-refractivity contribution in [3.05, 3.63) is 0 Å². The second-order valence-electron chi connectivity index (χ2n) is 8.56. The predicted molar refractivity (Wildman–Crippen MR) is 95.5 cm³/mol. The van der Waals surface area contributed by atoms with Crippen LogP contribution in [-0.2, 0) is 0 Å². The highest BCUT2D eigenvalue weighted by Crippen LogP contribution is 2.41. The average Bonchev–Trinajstić information content (AvgIpc) is 2.42. The van der Waals surface area contributed by atoms with Crippen LogP contribution in [0.4, 0.5) is 0 Å². The Morgan fingerprint density at radius 2 is 1.43 bits per heavy atom. The first kappa shape index (κ1) is 19.0. The molecule has 0 amide bonds. The first-order valence-corrected chi connectivity index (χ1v) is 9.70. The van der Waals surface area contributed by atoms with E-state index in [1.165, 1.54) is 77.0 Å². The summed E-state index contributed by atoms with van der Waals surface area (Å²) in [5.74, 6) is 1.68. The maximum Gasteiger partial charge on any atom is 0.00673 e. The van der Waals surface area contributed by atoms with Crippen LogP contribution in [-0.4, -0.2) is 6.04 Å². The molecule has 0 aromatic heterocycles. The Labute approximate surface area is 134 Å². The summed E-state index contributed by atoms with van der Waals surface area (Å²) in [6, 6.07) is 0.480. The van der Waals surface area contributed by atoms with E-state index in [0.29, 0.717) is 11.5 Å². The summed E-state index contributed by atoms with van der Waals surface area (Å²) in [6.45, 7) is 9.50. The van der Waals surface area contributed by atoms with Gasteiger partial charge in [-0.15, -0.1) is 0 Å². The first-order valence-electron chi connectivity index (χ1n) is 9.70. The minimum atomic E-state index is 0.470. The lowest BCUT2D eigenvalue weighted by Gasteiger charge is -2.40. The summed E-state index contributed by atoms with van der Waals surface area (Å²) in [4.78, 5) is 0. The van der Waals surface area contributed by atoms with Gasteiger partial charge in [-0.25, -0.2) is 0 Å². The zero-order valence-corrected chi connectivity index (χ0v) is 15.3. The highest BCUT2D eigenvalue weighted by atomic mass is 14.7. The molecule has 3 atom stereocenters. The van der Waals surface area contributed by atoms with Crippen molar-refractivity contribution in [3.63, 3.8) is 0 Å². The van der Waals surface area contributed by atoms with Crippen LogP contribution in [0.5, 0.6) is 0 Å². The van der Waals surface area contributed by atoms with Gasteiger partial charge >= 0.3 is 0 Å². The molecule has 0 aliphatic heterocycles. The molecule has 1 rings (SSSR count). The van der Waals surface area contributed by atoms with Gasteiger partial charge in [-0.1, -0.05) is 79.1 Å². The van der Waals surface area contributed by atoms with E-state index in [9.17, 15) is 0 Å². The van der Waals surface area contributed by atoms with Gasteiger partial charge in [0.15, 0.2) is 0 Å². The minimum absolute atomic E-state index is 0.470. The third-order valence-electron chi connectivity index (χ3n) is 5.69. The Bertz CT molecular complexity index is 253. The second kappa shape index (κ2) is 9.87. The maximum atomic E-state index is 6.38. The summed E-state index contributed by atoms with van der Waals surface area (Å²) < 4.78 is 0. The zero-order valence-electron chi connectivity index (χ0n) is 15.3. The molecule has 126 valence electrons. The van der Waals surface area contributed by atoms with Crippen molar-refractivity contribution in [1.82, 2.24) is 0 Å². The topological polar surface area (TPSA) is 26.0 Å². The van der Waals surface area contributed by atoms with Crippen LogP contribution < -0.4 is 5.73 Å². The normalized spacial score (nSPS) is 27.0. The van der Waals surface area contributed by atoms with Crippen LogP contribution in [0.1, 0.15) is 105 Å². The Morgan fingerprint density at radius 3 is 2.00 bits per heavy atom. The number of rotatable bonds is 9. The molecule has 2 N–H and O–H groups in total. The number of unbranched alkanes of at least 4 members (excludes halogenated alkanes) is 7. The SMILES string of the molecule is CCCCCCCCCCC1CC(C(C)(C)C)CCC1N. The predicted octanol–water partition coefficient (Wildman–Crippen LogP) is 6.31. The number of hydrogen-bond acceptors (Lipinski definition) is 1. The lowest BCUT2D eigenvalue weighted by Crippen LogP contribution is -2.39. The molecule has 0 bridgehead atoms. The van der Waals surface area contributed by atoms with Gasteiger partial charge in [0.1, 0.15) is 0 Å². The minimum Gasteiger partial charge on any atom is -0.327 e. The molecule has 21 heavy (non-hydrogen) atoms. The summed E-state index contributed by atoms with van der Waals surface area (Å²) in [5.41, 5.74) is 6.85. The molecule has 0 radical (unpaired) electrons. The van der Waals surface area contributed by atoms with E-state index < -0.39 is 0 Å². The van der Waals surface area contributed by atoms with Gasteiger partial charge in [-0.3, -0.25) is 0 Å². The van der Waals surface area contributed by atoms with Crippen LogP contribution in [0.25, 0.3) is 0 Å². The van der Waals surface area contributed by atoms with Gasteiger partial charge in [0.05, 0.1) is 0 Å². The van der Waals surface area contributed by atoms with Gasteiger partial charge in [0, 0.05) is 6.04 Å². The van der Waals surface area contributed by atoms with Crippen LogP contribution in [0.15, 0.2) is 0 Å². The maximum absolute atomic E-state index is 6.38. The molecule has 1 fully saturated rings. The van der Waals surface area contributed by atoms with E-state index in [1.807, 2.05) is 0 Å². The van der Waals surface area contributed by atoms with Crippen molar-refractivity contribution in [1.29, 1.82) is 0 Å². The van der Waals surface area contributed by atoms with E-state index >= 15 is 0 Å². The summed E-state index contributed by atoms with van der Waals surface area (Å²) in [5, 5.41) is 0. The molecule has 0 spiro atoms. The largest absolute Gasteiger partial charge is 0.327 e. The fourth-order valence-electron chi connectivity index (χ4n) is 3.95. The first-order chi connectivity index (χ1) is 9.95. The molecular formula is C20H41N. The monoisotopic (exact) mass is 295 g/mol. The average molecular weight is 296 g/mol. The van der Waals surface area contributed by atoms with E-state index in [2.05, 4.69) is 27.7 Å². The Hall–Kier alpha value is -0.0400. The van der Waals surface area contributed by atoms with Crippen LogP contribution in [0.2, 0.25) is 0 Å². The second-order valence-corrected chi connectivity index (χ2v) is 8.56. The van der Waals surface area contributed by atoms with E-state index in [0.717, 1.165) is 11.8 Å².